The predicted octanol–water partition coefficient (Wildman–Crippen LogP) is 4.40. The SMILES string of the molecule is O=C(CSc1nnc(-c2ccncc2)n1CC1CCCO1)Nc1cccc2ccccc12. The van der Waals surface area contributed by atoms with Crippen LogP contribution in [0.2, 0.25) is 0 Å². The van der Waals surface area contributed by atoms with Crippen LogP contribution in [-0.4, -0.2) is 44.1 Å². The fourth-order valence-electron chi connectivity index (χ4n) is 3.92. The Hall–Kier alpha value is -3.23. The van der Waals surface area contributed by atoms with Gasteiger partial charge in [-0.3, -0.25) is 14.3 Å². The van der Waals surface area contributed by atoms with Crippen LogP contribution in [0, 0.1) is 0 Å². The maximum atomic E-state index is 12.7. The van der Waals surface area contributed by atoms with Crippen LogP contribution in [0.1, 0.15) is 12.8 Å². The van der Waals surface area contributed by atoms with Crippen molar-refractivity contribution in [1.29, 1.82) is 0 Å². The average Bonchev–Trinajstić information content (AvgIpc) is 3.49. The van der Waals surface area contributed by atoms with Crippen molar-refractivity contribution in [3.05, 3.63) is 67.0 Å². The molecule has 1 aliphatic rings. The number of rotatable bonds is 7. The fraction of sp³-hybridized carbons (Fsp3) is 0.250. The number of anilines is 1. The number of pyridine rings is 1. The highest BCUT2D eigenvalue weighted by Gasteiger charge is 2.22. The minimum Gasteiger partial charge on any atom is -0.376 e. The molecule has 7 nitrogen and oxygen atoms in total. The van der Waals surface area contributed by atoms with Crippen molar-refractivity contribution in [2.75, 3.05) is 17.7 Å². The minimum absolute atomic E-state index is 0.0801. The largest absolute Gasteiger partial charge is 0.376 e. The first kappa shape index (κ1) is 20.7. The molecule has 4 aromatic rings. The number of aromatic nitrogens is 4. The van der Waals surface area contributed by atoms with Crippen LogP contribution >= 0.6 is 11.8 Å². The monoisotopic (exact) mass is 445 g/mol. The van der Waals surface area contributed by atoms with Gasteiger partial charge >= 0.3 is 0 Å². The Bertz CT molecular complexity index is 1220. The molecule has 3 heterocycles. The first-order valence-electron chi connectivity index (χ1n) is 10.6. The van der Waals surface area contributed by atoms with E-state index in [0.29, 0.717) is 11.7 Å². The molecule has 1 amide bonds. The van der Waals surface area contributed by atoms with Gasteiger partial charge in [-0.1, -0.05) is 48.2 Å². The smallest absolute Gasteiger partial charge is 0.234 e. The van der Waals surface area contributed by atoms with Gasteiger partial charge in [0.05, 0.1) is 18.4 Å². The van der Waals surface area contributed by atoms with Gasteiger partial charge in [-0.25, -0.2) is 0 Å². The molecule has 0 saturated carbocycles. The highest BCUT2D eigenvalue weighted by atomic mass is 32.2. The van der Waals surface area contributed by atoms with Crippen molar-refractivity contribution in [2.45, 2.75) is 30.6 Å². The van der Waals surface area contributed by atoms with E-state index in [2.05, 4.69) is 25.1 Å². The molecule has 1 atom stereocenters. The lowest BCUT2D eigenvalue weighted by molar-refractivity contribution is -0.113. The summed E-state index contributed by atoms with van der Waals surface area (Å²) in [5, 5.41) is 14.7. The number of hydrogen-bond acceptors (Lipinski definition) is 6. The van der Waals surface area contributed by atoms with Crippen molar-refractivity contribution in [1.82, 2.24) is 19.7 Å². The molecule has 5 rings (SSSR count). The molecule has 0 spiro atoms. The zero-order valence-electron chi connectivity index (χ0n) is 17.5. The molecule has 8 heteroatoms. The first-order valence-corrected chi connectivity index (χ1v) is 11.6. The van der Waals surface area contributed by atoms with Crippen molar-refractivity contribution in [2.24, 2.45) is 0 Å². The summed E-state index contributed by atoms with van der Waals surface area (Å²) in [6.45, 7) is 1.45. The van der Waals surface area contributed by atoms with E-state index in [1.54, 1.807) is 12.4 Å². The van der Waals surface area contributed by atoms with Crippen LogP contribution in [0.3, 0.4) is 0 Å². The van der Waals surface area contributed by atoms with E-state index in [9.17, 15) is 4.79 Å². The van der Waals surface area contributed by atoms with Crippen LogP contribution in [0.4, 0.5) is 5.69 Å². The van der Waals surface area contributed by atoms with Gasteiger partial charge < -0.3 is 10.1 Å². The van der Waals surface area contributed by atoms with E-state index in [4.69, 9.17) is 4.74 Å². The number of amides is 1. The van der Waals surface area contributed by atoms with Crippen LogP contribution in [0.5, 0.6) is 0 Å². The summed E-state index contributed by atoms with van der Waals surface area (Å²) in [6.07, 6.45) is 5.69. The van der Waals surface area contributed by atoms with Gasteiger partial charge in [0.1, 0.15) is 0 Å². The predicted molar refractivity (Wildman–Crippen MR) is 126 cm³/mol. The van der Waals surface area contributed by atoms with Gasteiger partial charge in [-0.15, -0.1) is 10.2 Å². The molecule has 32 heavy (non-hydrogen) atoms. The third kappa shape index (κ3) is 4.51. The van der Waals surface area contributed by atoms with E-state index < -0.39 is 0 Å². The molecule has 2 aromatic heterocycles. The number of ether oxygens (including phenoxy) is 1. The van der Waals surface area contributed by atoms with Gasteiger partial charge in [-0.2, -0.15) is 0 Å². The second-order valence-electron chi connectivity index (χ2n) is 7.65. The Balaban J connectivity index is 1.33. The minimum atomic E-state index is -0.0801. The molecule has 1 aliphatic heterocycles. The molecule has 0 bridgehead atoms. The summed E-state index contributed by atoms with van der Waals surface area (Å²) in [5.74, 6) is 0.923. The summed E-state index contributed by atoms with van der Waals surface area (Å²) in [7, 11) is 0. The summed E-state index contributed by atoms with van der Waals surface area (Å²) in [4.78, 5) is 16.8. The first-order chi connectivity index (χ1) is 15.8. The van der Waals surface area contributed by atoms with Gasteiger partial charge in [0.25, 0.3) is 0 Å². The molecule has 2 aromatic carbocycles. The second-order valence-corrected chi connectivity index (χ2v) is 8.59. The standard InChI is InChI=1S/C24H23N5O2S/c30-22(26-21-9-3-6-17-5-1-2-8-20(17)21)16-32-24-28-27-23(18-10-12-25-13-11-18)29(24)15-19-7-4-14-31-19/h1-3,5-6,8-13,19H,4,7,14-16H2,(H,26,30). The molecule has 1 unspecified atom stereocenters. The number of fused-ring (bicyclic) bond motifs is 1. The van der Waals surface area contributed by atoms with Crippen LogP contribution in [-0.2, 0) is 16.1 Å². The molecule has 0 aliphatic carbocycles. The summed E-state index contributed by atoms with van der Waals surface area (Å²) < 4.78 is 7.90. The third-order valence-electron chi connectivity index (χ3n) is 5.46. The Morgan fingerprint density at radius 2 is 1.94 bits per heavy atom. The number of nitrogens with zero attached hydrogens (tertiary/aromatic N) is 4. The number of carbonyl (C=O) groups excluding carboxylic acids is 1. The molecular formula is C24H23N5O2S. The maximum Gasteiger partial charge on any atom is 0.234 e. The fourth-order valence-corrected chi connectivity index (χ4v) is 4.67. The lowest BCUT2D eigenvalue weighted by Gasteiger charge is -2.14. The molecule has 0 radical (unpaired) electrons. The molecule has 1 fully saturated rings. The van der Waals surface area contributed by atoms with Crippen molar-refractivity contribution < 1.29 is 9.53 Å². The van der Waals surface area contributed by atoms with Crippen molar-refractivity contribution in [3.8, 4) is 11.4 Å². The topological polar surface area (TPSA) is 81.9 Å². The maximum absolute atomic E-state index is 12.7. The Morgan fingerprint density at radius 3 is 2.78 bits per heavy atom. The van der Waals surface area contributed by atoms with Crippen LogP contribution in [0.15, 0.2) is 72.1 Å². The van der Waals surface area contributed by atoms with Gasteiger partial charge in [0, 0.05) is 35.6 Å². The lowest BCUT2D eigenvalue weighted by atomic mass is 10.1. The Labute approximate surface area is 190 Å². The summed E-state index contributed by atoms with van der Waals surface area (Å²) in [6, 6.07) is 17.7. The Kier molecular flexibility index (Phi) is 6.13. The van der Waals surface area contributed by atoms with Crippen molar-refractivity contribution in [3.63, 3.8) is 0 Å². The molecular weight excluding hydrogens is 422 g/mol. The highest BCUT2D eigenvalue weighted by molar-refractivity contribution is 7.99. The number of thioether (sulfide) groups is 1. The van der Waals surface area contributed by atoms with Crippen LogP contribution < -0.4 is 5.32 Å². The highest BCUT2D eigenvalue weighted by Crippen LogP contribution is 2.27. The van der Waals surface area contributed by atoms with Gasteiger partial charge in [-0.05, 0) is 36.4 Å². The van der Waals surface area contributed by atoms with E-state index >= 15 is 0 Å². The number of carbonyl (C=O) groups is 1. The molecule has 162 valence electrons. The normalized spacial score (nSPS) is 15.8. The van der Waals surface area contributed by atoms with E-state index in [-0.39, 0.29) is 17.8 Å². The van der Waals surface area contributed by atoms with Crippen molar-refractivity contribution >= 4 is 34.1 Å². The number of hydrogen-bond donors (Lipinski definition) is 1. The summed E-state index contributed by atoms with van der Waals surface area (Å²) in [5.41, 5.74) is 1.75. The zero-order valence-corrected chi connectivity index (χ0v) is 18.3. The van der Waals surface area contributed by atoms with Gasteiger partial charge in [0.2, 0.25) is 5.91 Å². The molecule has 1 N–H and O–H groups in total. The average molecular weight is 446 g/mol. The third-order valence-corrected chi connectivity index (χ3v) is 6.43. The van der Waals surface area contributed by atoms with E-state index in [1.807, 2.05) is 54.6 Å². The van der Waals surface area contributed by atoms with E-state index in [0.717, 1.165) is 47.3 Å². The number of nitrogens with one attached hydrogen (secondary N) is 1. The van der Waals surface area contributed by atoms with Gasteiger partial charge in [0.15, 0.2) is 11.0 Å². The zero-order chi connectivity index (χ0) is 21.8. The summed E-state index contributed by atoms with van der Waals surface area (Å²) >= 11 is 1.38. The second kappa shape index (κ2) is 9.50. The van der Waals surface area contributed by atoms with E-state index in [1.165, 1.54) is 11.8 Å². The quantitative estimate of drug-likeness (QED) is 0.425. The lowest BCUT2D eigenvalue weighted by Crippen LogP contribution is -2.18. The molecule has 1 saturated heterocycles. The Morgan fingerprint density at radius 1 is 1.09 bits per heavy atom. The van der Waals surface area contributed by atoms with Crippen LogP contribution in [0.25, 0.3) is 22.2 Å². The number of benzene rings is 2.